The van der Waals surface area contributed by atoms with E-state index in [4.69, 9.17) is 23.2 Å². The summed E-state index contributed by atoms with van der Waals surface area (Å²) in [7, 11) is -3.93. The number of rotatable bonds is 11. The molecule has 2 amide bonds. The summed E-state index contributed by atoms with van der Waals surface area (Å²) < 4.78 is 26.5. The molecule has 0 saturated heterocycles. The maximum Gasteiger partial charge on any atom is 0.244 e. The van der Waals surface area contributed by atoms with Gasteiger partial charge in [0, 0.05) is 19.5 Å². The zero-order valence-electron chi connectivity index (χ0n) is 20.6. The van der Waals surface area contributed by atoms with Crippen LogP contribution in [0.1, 0.15) is 18.1 Å². The van der Waals surface area contributed by atoms with Crippen molar-refractivity contribution in [3.8, 4) is 0 Å². The van der Waals surface area contributed by atoms with Crippen molar-refractivity contribution in [1.82, 2.24) is 10.2 Å². The average molecular weight is 563 g/mol. The van der Waals surface area contributed by atoms with Crippen molar-refractivity contribution in [2.24, 2.45) is 0 Å². The van der Waals surface area contributed by atoms with Crippen LogP contribution in [0.15, 0.2) is 78.9 Å². The maximum absolute atomic E-state index is 13.9. The molecule has 3 aromatic rings. The molecule has 3 rings (SSSR count). The minimum Gasteiger partial charge on any atom is -0.355 e. The van der Waals surface area contributed by atoms with Crippen molar-refractivity contribution in [2.75, 3.05) is 23.7 Å². The van der Waals surface area contributed by atoms with Crippen molar-refractivity contribution in [1.29, 1.82) is 0 Å². The number of sulfonamides is 1. The number of nitrogens with one attached hydrogen (secondary N) is 1. The first-order valence-electron chi connectivity index (χ1n) is 11.7. The predicted molar refractivity (Wildman–Crippen MR) is 148 cm³/mol. The van der Waals surface area contributed by atoms with Gasteiger partial charge in [-0.25, -0.2) is 8.42 Å². The highest BCUT2D eigenvalue weighted by atomic mass is 35.5. The zero-order valence-corrected chi connectivity index (χ0v) is 22.9. The van der Waals surface area contributed by atoms with Gasteiger partial charge in [-0.05, 0) is 30.2 Å². The molecule has 0 heterocycles. The molecule has 196 valence electrons. The normalized spacial score (nSPS) is 12.0. The highest BCUT2D eigenvalue weighted by molar-refractivity contribution is 7.92. The second-order valence-electron chi connectivity index (χ2n) is 8.45. The van der Waals surface area contributed by atoms with E-state index in [9.17, 15) is 18.0 Å². The second kappa shape index (κ2) is 12.9. The van der Waals surface area contributed by atoms with E-state index < -0.39 is 28.5 Å². The molecular weight excluding hydrogens is 533 g/mol. The van der Waals surface area contributed by atoms with Crippen LogP contribution in [-0.2, 0) is 32.6 Å². The van der Waals surface area contributed by atoms with Crippen molar-refractivity contribution in [3.05, 3.63) is 100 Å². The summed E-state index contributed by atoms with van der Waals surface area (Å²) in [4.78, 5) is 28.6. The molecule has 0 saturated carbocycles. The number of likely N-dealkylation sites (N-methyl/N-ethyl adjacent to an activating group) is 1. The van der Waals surface area contributed by atoms with Crippen molar-refractivity contribution < 1.29 is 18.0 Å². The Hall–Kier alpha value is -3.07. The van der Waals surface area contributed by atoms with Crippen LogP contribution in [0, 0.1) is 0 Å². The van der Waals surface area contributed by atoms with E-state index in [0.29, 0.717) is 6.54 Å². The number of hydrogen-bond acceptors (Lipinski definition) is 4. The van der Waals surface area contributed by atoms with Crippen LogP contribution in [0.5, 0.6) is 0 Å². The smallest absolute Gasteiger partial charge is 0.244 e. The Labute approximate surface area is 228 Å². The first kappa shape index (κ1) is 28.5. The molecule has 3 aromatic carbocycles. The van der Waals surface area contributed by atoms with Gasteiger partial charge in [-0.3, -0.25) is 13.9 Å². The minimum absolute atomic E-state index is 0.0153. The van der Waals surface area contributed by atoms with Crippen LogP contribution in [0.3, 0.4) is 0 Å². The van der Waals surface area contributed by atoms with Gasteiger partial charge in [0.2, 0.25) is 21.8 Å². The predicted octanol–water partition coefficient (Wildman–Crippen LogP) is 4.54. The van der Waals surface area contributed by atoms with Gasteiger partial charge in [-0.15, -0.1) is 0 Å². The molecule has 1 unspecified atom stereocenters. The van der Waals surface area contributed by atoms with Crippen molar-refractivity contribution in [2.45, 2.75) is 25.9 Å². The number of halogens is 2. The van der Waals surface area contributed by atoms with Crippen LogP contribution in [0.2, 0.25) is 10.0 Å². The maximum atomic E-state index is 13.9. The fourth-order valence-electron chi connectivity index (χ4n) is 3.91. The minimum atomic E-state index is -3.93. The third kappa shape index (κ3) is 7.71. The molecule has 1 atom stereocenters. The fourth-order valence-corrected chi connectivity index (χ4v) is 5.21. The van der Waals surface area contributed by atoms with E-state index in [1.807, 2.05) is 60.7 Å². The number of nitrogens with zero attached hydrogens (tertiary/aromatic N) is 2. The number of anilines is 1. The molecular formula is C27H29Cl2N3O4S. The van der Waals surface area contributed by atoms with Gasteiger partial charge in [0.1, 0.15) is 12.6 Å². The summed E-state index contributed by atoms with van der Waals surface area (Å²) >= 11 is 12.5. The fraction of sp³-hybridized carbons (Fsp3) is 0.259. The lowest BCUT2D eigenvalue weighted by Crippen LogP contribution is -2.53. The van der Waals surface area contributed by atoms with Crippen molar-refractivity contribution >= 4 is 50.7 Å². The third-order valence-corrected chi connectivity index (χ3v) is 7.63. The average Bonchev–Trinajstić information content (AvgIpc) is 2.87. The SMILES string of the molecule is CCNC(=O)C(Cc1ccccc1)N(Cc1ccccc1)C(=O)CN(c1cccc(Cl)c1Cl)S(C)(=O)=O. The Morgan fingerprint density at radius 1 is 0.892 bits per heavy atom. The third-order valence-electron chi connectivity index (χ3n) is 5.70. The Bertz CT molecular complexity index is 1320. The van der Waals surface area contributed by atoms with Crippen molar-refractivity contribution in [3.63, 3.8) is 0 Å². The zero-order chi connectivity index (χ0) is 27.0. The van der Waals surface area contributed by atoms with Gasteiger partial charge in [0.25, 0.3) is 0 Å². The summed E-state index contributed by atoms with van der Waals surface area (Å²) in [6.45, 7) is 1.73. The summed E-state index contributed by atoms with van der Waals surface area (Å²) in [5.41, 5.74) is 1.75. The lowest BCUT2D eigenvalue weighted by atomic mass is 10.0. The Morgan fingerprint density at radius 2 is 1.49 bits per heavy atom. The molecule has 0 aliphatic carbocycles. The van der Waals surface area contributed by atoms with Gasteiger partial charge in [0.05, 0.1) is 22.0 Å². The number of carbonyl (C=O) groups excluding carboxylic acids is 2. The Kier molecular flexibility index (Phi) is 9.97. The van der Waals surface area contributed by atoms with Crippen LogP contribution in [-0.4, -0.2) is 50.5 Å². The summed E-state index contributed by atoms with van der Waals surface area (Å²) in [6, 6.07) is 22.3. The molecule has 10 heteroatoms. The van der Waals surface area contributed by atoms with Gasteiger partial charge >= 0.3 is 0 Å². The van der Waals surface area contributed by atoms with E-state index in [1.54, 1.807) is 13.0 Å². The first-order valence-corrected chi connectivity index (χ1v) is 14.3. The van der Waals surface area contributed by atoms with Gasteiger partial charge in [-0.2, -0.15) is 0 Å². The number of hydrogen-bond donors (Lipinski definition) is 1. The molecule has 0 aliphatic rings. The molecule has 0 bridgehead atoms. The molecule has 0 aromatic heterocycles. The highest BCUT2D eigenvalue weighted by Crippen LogP contribution is 2.33. The molecule has 37 heavy (non-hydrogen) atoms. The largest absolute Gasteiger partial charge is 0.355 e. The standard InChI is InChI=1S/C27H29Cl2N3O4S/c1-3-30-27(34)24(17-20-11-6-4-7-12-20)31(18-21-13-8-5-9-14-21)25(33)19-32(37(2,35)36)23-16-10-15-22(28)26(23)29/h4-16,24H,3,17-19H2,1-2H3,(H,30,34). The number of benzene rings is 3. The molecule has 0 spiro atoms. The number of carbonyl (C=O) groups is 2. The van der Waals surface area contributed by atoms with Gasteiger partial charge in [-0.1, -0.05) is 89.9 Å². The quantitative estimate of drug-likeness (QED) is 0.372. The van der Waals surface area contributed by atoms with Crippen LogP contribution in [0.4, 0.5) is 5.69 Å². The summed E-state index contributed by atoms with van der Waals surface area (Å²) in [6.07, 6.45) is 1.24. The molecule has 1 N–H and O–H groups in total. The van der Waals surface area contributed by atoms with Gasteiger partial charge in [0.15, 0.2) is 0 Å². The molecule has 0 aliphatic heterocycles. The molecule has 0 fully saturated rings. The summed E-state index contributed by atoms with van der Waals surface area (Å²) in [5, 5.41) is 2.99. The lowest BCUT2D eigenvalue weighted by Gasteiger charge is -2.33. The van der Waals surface area contributed by atoms with Crippen LogP contribution >= 0.6 is 23.2 Å². The molecule has 0 radical (unpaired) electrons. The Morgan fingerprint density at radius 3 is 2.05 bits per heavy atom. The lowest BCUT2D eigenvalue weighted by molar-refractivity contribution is -0.140. The second-order valence-corrected chi connectivity index (χ2v) is 11.1. The topological polar surface area (TPSA) is 86.8 Å². The molecule has 7 nitrogen and oxygen atoms in total. The first-order chi connectivity index (χ1) is 17.6. The highest BCUT2D eigenvalue weighted by Gasteiger charge is 2.33. The van der Waals surface area contributed by atoms with E-state index in [2.05, 4.69) is 5.32 Å². The monoisotopic (exact) mass is 561 g/mol. The van der Waals surface area contributed by atoms with Crippen LogP contribution < -0.4 is 9.62 Å². The van der Waals surface area contributed by atoms with E-state index in [1.165, 1.54) is 17.0 Å². The summed E-state index contributed by atoms with van der Waals surface area (Å²) in [5.74, 6) is -0.889. The van der Waals surface area contributed by atoms with E-state index in [0.717, 1.165) is 21.7 Å². The van der Waals surface area contributed by atoms with E-state index in [-0.39, 0.29) is 34.6 Å². The van der Waals surface area contributed by atoms with Crippen LogP contribution in [0.25, 0.3) is 0 Å². The van der Waals surface area contributed by atoms with Gasteiger partial charge < -0.3 is 10.2 Å². The van der Waals surface area contributed by atoms with E-state index >= 15 is 0 Å². The number of amides is 2. The Balaban J connectivity index is 2.05.